The van der Waals surface area contributed by atoms with Gasteiger partial charge in [-0.05, 0) is 19.1 Å². The monoisotopic (exact) mass is 273 g/mol. The second-order valence-electron chi connectivity index (χ2n) is 4.42. The molecule has 5 nitrogen and oxygen atoms in total. The number of aliphatic hydroxyl groups excluding tert-OH is 1. The molecule has 0 unspecified atom stereocenters. The molecule has 1 aromatic heterocycles. The van der Waals surface area contributed by atoms with E-state index < -0.39 is 0 Å². The van der Waals surface area contributed by atoms with Crippen LogP contribution >= 0.6 is 0 Å². The molecule has 5 heteroatoms. The lowest BCUT2D eigenvalue weighted by atomic mass is 10.0. The second kappa shape index (κ2) is 6.34. The van der Waals surface area contributed by atoms with Gasteiger partial charge in [-0.2, -0.15) is 0 Å². The van der Waals surface area contributed by atoms with Gasteiger partial charge in [0.2, 0.25) is 0 Å². The second-order valence-corrected chi connectivity index (χ2v) is 4.42. The van der Waals surface area contributed by atoms with Crippen molar-refractivity contribution in [2.24, 2.45) is 4.99 Å². The van der Waals surface area contributed by atoms with Gasteiger partial charge in [0.15, 0.2) is 0 Å². The van der Waals surface area contributed by atoms with Gasteiger partial charge in [0.25, 0.3) is 0 Å². The van der Waals surface area contributed by atoms with Crippen LogP contribution in [0, 0.1) is 0 Å². The fourth-order valence-electron chi connectivity index (χ4n) is 2.12. The van der Waals surface area contributed by atoms with Crippen molar-refractivity contribution in [2.45, 2.75) is 13.5 Å². The van der Waals surface area contributed by atoms with Gasteiger partial charge in [0, 0.05) is 30.4 Å². The van der Waals surface area contributed by atoms with Gasteiger partial charge < -0.3 is 14.4 Å². The van der Waals surface area contributed by atoms with E-state index in [4.69, 9.17) is 9.84 Å². The Labute approximate surface area is 118 Å². The highest BCUT2D eigenvalue weighted by Crippen LogP contribution is 2.27. The quantitative estimate of drug-likeness (QED) is 0.847. The SMILES string of the molecule is CN=C(C)c1ccc(-c2cncn2CCO)cc1OC. The lowest BCUT2D eigenvalue weighted by Crippen LogP contribution is -2.03. The Morgan fingerprint density at radius 3 is 2.90 bits per heavy atom. The van der Waals surface area contributed by atoms with Gasteiger partial charge in [-0.3, -0.25) is 4.99 Å². The van der Waals surface area contributed by atoms with Crippen molar-refractivity contribution in [1.82, 2.24) is 9.55 Å². The van der Waals surface area contributed by atoms with E-state index in [2.05, 4.69) is 9.98 Å². The fourth-order valence-corrected chi connectivity index (χ4v) is 2.12. The van der Waals surface area contributed by atoms with Gasteiger partial charge in [-0.1, -0.05) is 6.07 Å². The molecule has 106 valence electrons. The van der Waals surface area contributed by atoms with Crippen LogP contribution in [0.3, 0.4) is 0 Å². The molecule has 0 aliphatic rings. The molecule has 0 saturated carbocycles. The van der Waals surface area contributed by atoms with Crippen molar-refractivity contribution in [3.63, 3.8) is 0 Å². The van der Waals surface area contributed by atoms with Crippen LogP contribution < -0.4 is 4.74 Å². The molecule has 0 atom stereocenters. The van der Waals surface area contributed by atoms with Crippen molar-refractivity contribution in [2.75, 3.05) is 20.8 Å². The third kappa shape index (κ3) is 2.72. The Hall–Kier alpha value is -2.14. The minimum absolute atomic E-state index is 0.0835. The van der Waals surface area contributed by atoms with Crippen molar-refractivity contribution >= 4 is 5.71 Å². The zero-order chi connectivity index (χ0) is 14.5. The molecule has 2 rings (SSSR count). The average molecular weight is 273 g/mol. The summed E-state index contributed by atoms with van der Waals surface area (Å²) in [5, 5.41) is 9.07. The molecule has 0 radical (unpaired) electrons. The fraction of sp³-hybridized carbons (Fsp3) is 0.333. The lowest BCUT2D eigenvalue weighted by Gasteiger charge is -2.11. The van der Waals surface area contributed by atoms with E-state index in [1.54, 1.807) is 26.7 Å². The van der Waals surface area contributed by atoms with E-state index in [-0.39, 0.29) is 6.61 Å². The van der Waals surface area contributed by atoms with E-state index in [1.807, 2.05) is 29.7 Å². The Bertz CT molecular complexity index is 617. The molecule has 20 heavy (non-hydrogen) atoms. The van der Waals surface area contributed by atoms with Crippen molar-refractivity contribution in [3.05, 3.63) is 36.3 Å². The number of rotatable bonds is 5. The Morgan fingerprint density at radius 2 is 2.25 bits per heavy atom. The summed E-state index contributed by atoms with van der Waals surface area (Å²) in [6.45, 7) is 2.56. The third-order valence-corrected chi connectivity index (χ3v) is 3.28. The Balaban J connectivity index is 2.46. The van der Waals surface area contributed by atoms with Gasteiger partial charge in [-0.15, -0.1) is 0 Å². The standard InChI is InChI=1S/C15H19N3O2/c1-11(16-2)13-5-4-12(8-15(13)20-3)14-9-17-10-18(14)6-7-19/h4-5,8-10,19H,6-7H2,1-3H3. The number of aliphatic imine (C=N–C) groups is 1. The molecule has 0 fully saturated rings. The summed E-state index contributed by atoms with van der Waals surface area (Å²) in [7, 11) is 3.41. The van der Waals surface area contributed by atoms with Crippen LogP contribution in [0.25, 0.3) is 11.3 Å². The van der Waals surface area contributed by atoms with Crippen LogP contribution in [-0.4, -0.2) is 41.1 Å². The van der Waals surface area contributed by atoms with Gasteiger partial charge in [0.1, 0.15) is 5.75 Å². The predicted octanol–water partition coefficient (Wildman–Crippen LogP) is 1.99. The first-order valence-electron chi connectivity index (χ1n) is 6.44. The molecule has 1 aromatic carbocycles. The molecule has 1 heterocycles. The minimum atomic E-state index is 0.0835. The number of imidazole rings is 1. The van der Waals surface area contributed by atoms with Gasteiger partial charge in [-0.25, -0.2) is 4.98 Å². The van der Waals surface area contributed by atoms with Crippen LogP contribution in [-0.2, 0) is 6.54 Å². The molecule has 0 aliphatic heterocycles. The number of aromatic nitrogens is 2. The zero-order valence-electron chi connectivity index (χ0n) is 12.0. The number of hydrogen-bond donors (Lipinski definition) is 1. The van der Waals surface area contributed by atoms with E-state index >= 15 is 0 Å². The largest absolute Gasteiger partial charge is 0.496 e. The maximum absolute atomic E-state index is 9.07. The number of ether oxygens (including phenoxy) is 1. The van der Waals surface area contributed by atoms with Crippen molar-refractivity contribution in [1.29, 1.82) is 0 Å². The van der Waals surface area contributed by atoms with E-state index in [0.717, 1.165) is 28.3 Å². The first-order chi connectivity index (χ1) is 9.71. The van der Waals surface area contributed by atoms with Crippen LogP contribution in [0.1, 0.15) is 12.5 Å². The van der Waals surface area contributed by atoms with E-state index in [0.29, 0.717) is 6.54 Å². The summed E-state index contributed by atoms with van der Waals surface area (Å²) in [5.41, 5.74) is 3.86. The van der Waals surface area contributed by atoms with Crippen LogP contribution in [0.15, 0.2) is 35.7 Å². The maximum atomic E-state index is 9.07. The summed E-state index contributed by atoms with van der Waals surface area (Å²) in [6, 6.07) is 5.97. The summed E-state index contributed by atoms with van der Waals surface area (Å²) in [6.07, 6.45) is 3.50. The first kappa shape index (κ1) is 14.3. The molecule has 0 amide bonds. The van der Waals surface area contributed by atoms with Crippen molar-refractivity contribution in [3.8, 4) is 17.0 Å². The number of hydrogen-bond acceptors (Lipinski definition) is 4. The summed E-state index contributed by atoms with van der Waals surface area (Å²) in [4.78, 5) is 8.33. The van der Waals surface area contributed by atoms with Crippen LogP contribution in [0.5, 0.6) is 5.75 Å². The van der Waals surface area contributed by atoms with Crippen LogP contribution in [0.2, 0.25) is 0 Å². The number of methoxy groups -OCH3 is 1. The van der Waals surface area contributed by atoms with Gasteiger partial charge in [0.05, 0.1) is 31.9 Å². The highest BCUT2D eigenvalue weighted by molar-refractivity contribution is 6.01. The molecule has 0 aliphatic carbocycles. The average Bonchev–Trinajstić information content (AvgIpc) is 2.94. The molecule has 1 N–H and O–H groups in total. The highest BCUT2D eigenvalue weighted by atomic mass is 16.5. The number of aliphatic hydroxyl groups is 1. The summed E-state index contributed by atoms with van der Waals surface area (Å²) >= 11 is 0. The maximum Gasteiger partial charge on any atom is 0.128 e. The first-order valence-corrected chi connectivity index (χ1v) is 6.44. The number of benzene rings is 1. The topological polar surface area (TPSA) is 59.6 Å². The Kier molecular flexibility index (Phi) is 4.53. The molecular formula is C15H19N3O2. The van der Waals surface area contributed by atoms with Gasteiger partial charge >= 0.3 is 0 Å². The molecule has 0 bridgehead atoms. The minimum Gasteiger partial charge on any atom is -0.496 e. The van der Waals surface area contributed by atoms with Crippen molar-refractivity contribution < 1.29 is 9.84 Å². The Morgan fingerprint density at radius 1 is 1.45 bits per heavy atom. The highest BCUT2D eigenvalue weighted by Gasteiger charge is 2.10. The molecular weight excluding hydrogens is 254 g/mol. The normalized spacial score (nSPS) is 11.7. The molecule has 0 saturated heterocycles. The van der Waals surface area contributed by atoms with E-state index in [1.165, 1.54) is 0 Å². The summed E-state index contributed by atoms with van der Waals surface area (Å²) < 4.78 is 7.36. The summed E-state index contributed by atoms with van der Waals surface area (Å²) in [5.74, 6) is 0.780. The lowest BCUT2D eigenvalue weighted by molar-refractivity contribution is 0.276. The number of nitrogens with zero attached hydrogens (tertiary/aromatic N) is 3. The van der Waals surface area contributed by atoms with E-state index in [9.17, 15) is 0 Å². The zero-order valence-corrected chi connectivity index (χ0v) is 12.0. The predicted molar refractivity (Wildman–Crippen MR) is 79.4 cm³/mol. The van der Waals surface area contributed by atoms with Crippen LogP contribution in [0.4, 0.5) is 0 Å². The molecule has 0 spiro atoms. The third-order valence-electron chi connectivity index (χ3n) is 3.28. The molecule has 2 aromatic rings. The smallest absolute Gasteiger partial charge is 0.128 e.